The molecule has 0 amide bonds. The van der Waals surface area contributed by atoms with Crippen LogP contribution in [0.15, 0.2) is 0 Å². The number of hydrogen-bond donors (Lipinski definition) is 0. The van der Waals surface area contributed by atoms with Gasteiger partial charge in [0.05, 0.1) is 32.7 Å². The van der Waals surface area contributed by atoms with Crippen LogP contribution in [0.1, 0.15) is 215 Å². The minimum absolute atomic E-state index is 0.119. The number of hydrogen-bond acceptors (Lipinski definition) is 8. The first-order chi connectivity index (χ1) is 24.9. The third-order valence-electron chi connectivity index (χ3n) is 9.61. The molecule has 306 valence electrons. The van der Waals surface area contributed by atoms with Crippen LogP contribution < -0.4 is 0 Å². The average Bonchev–Trinajstić information content (AvgIpc) is 3.06. The van der Waals surface area contributed by atoms with Crippen LogP contribution >= 0.6 is 0 Å². The lowest BCUT2D eigenvalue weighted by Gasteiger charge is -2.29. The highest BCUT2D eigenvalue weighted by Gasteiger charge is 2.48. The molecule has 0 aliphatic rings. The molecule has 0 saturated carbocycles. The van der Waals surface area contributed by atoms with Gasteiger partial charge in [0, 0.05) is 6.92 Å². The Labute approximate surface area is 320 Å². The lowest BCUT2D eigenvalue weighted by atomic mass is 9.95. The molecule has 0 heterocycles. The summed E-state index contributed by atoms with van der Waals surface area (Å²) in [6.45, 7) is 15.2. The molecule has 0 aliphatic carbocycles. The lowest BCUT2D eigenvalue weighted by Crippen LogP contribution is -2.48. The van der Waals surface area contributed by atoms with E-state index in [1.54, 1.807) is 0 Å². The van der Waals surface area contributed by atoms with Crippen LogP contribution in [0.2, 0.25) is 0 Å². The smallest absolute Gasteiger partial charge is 0.351 e. The predicted octanol–water partition coefficient (Wildman–Crippen LogP) is 12.0. The van der Waals surface area contributed by atoms with Crippen LogP contribution in [-0.4, -0.2) is 49.3 Å². The van der Waals surface area contributed by atoms with Crippen LogP contribution in [0.3, 0.4) is 0 Å². The van der Waals surface area contributed by atoms with E-state index in [-0.39, 0.29) is 19.8 Å². The maximum absolute atomic E-state index is 13.5. The Morgan fingerprint density at radius 2 is 0.673 bits per heavy atom. The van der Waals surface area contributed by atoms with Gasteiger partial charge >= 0.3 is 23.9 Å². The van der Waals surface area contributed by atoms with E-state index in [2.05, 4.69) is 41.5 Å². The van der Waals surface area contributed by atoms with Crippen molar-refractivity contribution >= 4 is 23.9 Å². The van der Waals surface area contributed by atoms with Gasteiger partial charge in [-0.3, -0.25) is 14.4 Å². The number of esters is 4. The maximum atomic E-state index is 13.5. The van der Waals surface area contributed by atoms with Gasteiger partial charge in [-0.05, 0) is 37.0 Å². The Kier molecular flexibility index (Phi) is 32.1. The Bertz CT molecular complexity index is 855. The van der Waals surface area contributed by atoms with E-state index < -0.39 is 42.3 Å². The fourth-order valence-electron chi connectivity index (χ4n) is 6.45. The number of ether oxygens (including phenoxy) is 4. The van der Waals surface area contributed by atoms with Gasteiger partial charge in [0.1, 0.15) is 0 Å². The predicted molar refractivity (Wildman–Crippen MR) is 212 cm³/mol. The van der Waals surface area contributed by atoms with Crippen molar-refractivity contribution in [2.24, 2.45) is 17.8 Å². The molecule has 0 radical (unpaired) electrons. The topological polar surface area (TPSA) is 105 Å². The Balaban J connectivity index is 4.98. The van der Waals surface area contributed by atoms with Crippen LogP contribution in [0.4, 0.5) is 0 Å². The van der Waals surface area contributed by atoms with E-state index in [0.29, 0.717) is 19.3 Å². The van der Waals surface area contributed by atoms with E-state index in [4.69, 9.17) is 18.9 Å². The summed E-state index contributed by atoms with van der Waals surface area (Å²) < 4.78 is 22.0. The standard InChI is InChI=1S/C44H82O8/c1-37(2)29-23-17-11-8-14-20-26-32-49-41(46)35-44(52-40(7)45,43(48)51-34-28-22-16-10-13-19-25-31-39(5)6)36-42(47)50-33-27-21-15-9-12-18-24-30-38(3)4/h37-39H,8-36H2,1-7H3. The molecule has 0 unspecified atom stereocenters. The van der Waals surface area contributed by atoms with Gasteiger partial charge in [-0.2, -0.15) is 0 Å². The van der Waals surface area contributed by atoms with Crippen LogP contribution in [0.25, 0.3) is 0 Å². The van der Waals surface area contributed by atoms with Crippen molar-refractivity contribution in [1.29, 1.82) is 0 Å². The molecule has 0 aromatic carbocycles. The van der Waals surface area contributed by atoms with Crippen LogP contribution in [0, 0.1) is 17.8 Å². The quantitative estimate of drug-likeness (QED) is 0.0355. The van der Waals surface area contributed by atoms with Crippen LogP contribution in [0.5, 0.6) is 0 Å². The van der Waals surface area contributed by atoms with Gasteiger partial charge in [-0.25, -0.2) is 4.79 Å². The van der Waals surface area contributed by atoms with Crippen molar-refractivity contribution in [3.8, 4) is 0 Å². The van der Waals surface area contributed by atoms with Crippen molar-refractivity contribution in [2.45, 2.75) is 221 Å². The summed E-state index contributed by atoms with van der Waals surface area (Å²) in [7, 11) is 0. The largest absolute Gasteiger partial charge is 0.466 e. The zero-order valence-electron chi connectivity index (χ0n) is 35.0. The molecule has 0 fully saturated rings. The Hall–Kier alpha value is -2.12. The molecule has 0 aliphatic heterocycles. The third-order valence-corrected chi connectivity index (χ3v) is 9.61. The van der Waals surface area contributed by atoms with E-state index >= 15 is 0 Å². The van der Waals surface area contributed by atoms with E-state index in [1.807, 2.05) is 0 Å². The molecular formula is C44H82O8. The second-order valence-electron chi connectivity index (χ2n) is 16.5. The second kappa shape index (κ2) is 33.4. The first-order valence-corrected chi connectivity index (χ1v) is 21.6. The van der Waals surface area contributed by atoms with Gasteiger partial charge < -0.3 is 18.9 Å². The first-order valence-electron chi connectivity index (χ1n) is 21.6. The van der Waals surface area contributed by atoms with Gasteiger partial charge in [0.25, 0.3) is 0 Å². The summed E-state index contributed by atoms with van der Waals surface area (Å²) in [5.41, 5.74) is -2.12. The molecule has 0 spiro atoms. The number of carbonyl (C=O) groups excluding carboxylic acids is 4. The highest BCUT2D eigenvalue weighted by atomic mass is 16.6. The van der Waals surface area contributed by atoms with Crippen molar-refractivity contribution in [3.63, 3.8) is 0 Å². The van der Waals surface area contributed by atoms with Gasteiger partial charge in [-0.1, -0.05) is 176 Å². The fraction of sp³-hybridized carbons (Fsp3) is 0.909. The monoisotopic (exact) mass is 739 g/mol. The fourth-order valence-corrected chi connectivity index (χ4v) is 6.45. The molecule has 0 bridgehead atoms. The molecule has 0 aromatic rings. The normalized spacial score (nSPS) is 11.7. The molecule has 52 heavy (non-hydrogen) atoms. The summed E-state index contributed by atoms with van der Waals surface area (Å²) in [5, 5.41) is 0. The van der Waals surface area contributed by atoms with E-state index in [1.165, 1.54) is 77.0 Å². The van der Waals surface area contributed by atoms with Crippen LogP contribution in [-0.2, 0) is 38.1 Å². The molecule has 0 saturated heterocycles. The summed E-state index contributed by atoms with van der Waals surface area (Å²) >= 11 is 0. The highest BCUT2D eigenvalue weighted by molar-refractivity contribution is 5.92. The number of carbonyl (C=O) groups is 4. The summed E-state index contributed by atoms with van der Waals surface area (Å²) in [4.78, 5) is 51.9. The molecule has 0 atom stereocenters. The van der Waals surface area contributed by atoms with Gasteiger partial charge in [0.2, 0.25) is 5.60 Å². The first kappa shape index (κ1) is 49.9. The van der Waals surface area contributed by atoms with Crippen molar-refractivity contribution in [1.82, 2.24) is 0 Å². The Morgan fingerprint density at radius 1 is 0.404 bits per heavy atom. The molecule has 0 rings (SSSR count). The van der Waals surface area contributed by atoms with Gasteiger partial charge in [-0.15, -0.1) is 0 Å². The summed E-state index contributed by atoms with van der Waals surface area (Å²) in [5.74, 6) is -0.849. The average molecular weight is 739 g/mol. The van der Waals surface area contributed by atoms with Gasteiger partial charge in [0.15, 0.2) is 0 Å². The molecular weight excluding hydrogens is 656 g/mol. The lowest BCUT2D eigenvalue weighted by molar-refractivity contribution is -0.190. The SMILES string of the molecule is CC(=O)OC(CC(=O)OCCCCCCCCCC(C)C)(CC(=O)OCCCCCCCCCC(C)C)C(=O)OCCCCCCCCCC(C)C. The summed E-state index contributed by atoms with van der Waals surface area (Å²) in [6, 6.07) is 0. The zero-order valence-corrected chi connectivity index (χ0v) is 35.0. The van der Waals surface area contributed by atoms with Crippen molar-refractivity contribution in [2.75, 3.05) is 19.8 Å². The highest BCUT2D eigenvalue weighted by Crippen LogP contribution is 2.26. The number of rotatable bonds is 36. The van der Waals surface area contributed by atoms with E-state index in [0.717, 1.165) is 82.5 Å². The number of unbranched alkanes of at least 4 members (excludes halogenated alkanes) is 18. The Morgan fingerprint density at radius 3 is 0.962 bits per heavy atom. The third kappa shape index (κ3) is 31.4. The molecule has 0 N–H and O–H groups in total. The zero-order chi connectivity index (χ0) is 38.9. The minimum Gasteiger partial charge on any atom is -0.466 e. The molecule has 8 nitrogen and oxygen atoms in total. The van der Waals surface area contributed by atoms with Crippen molar-refractivity contribution in [3.05, 3.63) is 0 Å². The molecule has 8 heteroatoms. The molecule has 0 aromatic heterocycles. The second-order valence-corrected chi connectivity index (χ2v) is 16.5. The summed E-state index contributed by atoms with van der Waals surface area (Å²) in [6.07, 6.45) is 25.3. The minimum atomic E-state index is -2.12. The maximum Gasteiger partial charge on any atom is 0.351 e. The van der Waals surface area contributed by atoms with E-state index in [9.17, 15) is 19.2 Å². The van der Waals surface area contributed by atoms with Crippen molar-refractivity contribution < 1.29 is 38.1 Å².